The first-order chi connectivity index (χ1) is 7.28. The fourth-order valence-corrected chi connectivity index (χ4v) is 1.60. The number of aryl methyl sites for hydroxylation is 1. The van der Waals surface area contributed by atoms with Gasteiger partial charge in [0.2, 0.25) is 5.16 Å². The monoisotopic (exact) mass is 218 g/mol. The van der Waals surface area contributed by atoms with Gasteiger partial charge in [-0.05, 0) is 24.8 Å². The minimum atomic E-state index is 0.333. The molecule has 0 aromatic carbocycles. The molecule has 0 aliphatic heterocycles. The second kappa shape index (κ2) is 4.06. The second-order valence-electron chi connectivity index (χ2n) is 2.64. The molecule has 0 spiro atoms. The molecule has 0 saturated carbocycles. The van der Waals surface area contributed by atoms with Crippen LogP contribution in [0.4, 0.5) is 0 Å². The van der Waals surface area contributed by atoms with Gasteiger partial charge in [-0.15, -0.1) is 5.10 Å². The molecule has 0 amide bonds. The predicted octanol–water partition coefficient (Wildman–Crippen LogP) is 0.926. The first kappa shape index (κ1) is 9.61. The highest BCUT2D eigenvalue weighted by Crippen LogP contribution is 2.19. The zero-order chi connectivity index (χ0) is 10.7. The van der Waals surface area contributed by atoms with E-state index >= 15 is 0 Å². The average molecular weight is 218 g/mol. The number of rotatable bonds is 2. The summed E-state index contributed by atoms with van der Waals surface area (Å²) in [6, 6.07) is 3.49. The van der Waals surface area contributed by atoms with Crippen LogP contribution in [0.15, 0.2) is 22.6 Å². The number of nitrogens with zero attached hydrogens (tertiary/aromatic N) is 5. The highest BCUT2D eigenvalue weighted by atomic mass is 32.2. The standard InChI is InChI=1S/C8H6N6S/c1-5-11-8(14-13-5)15-7-10-3-2-6(4-9)12-7/h2-3H,1H3,(H,11,13,14). The molecule has 2 heterocycles. The van der Waals surface area contributed by atoms with Gasteiger partial charge in [-0.2, -0.15) is 5.26 Å². The number of H-pyrrole nitrogens is 1. The Morgan fingerprint density at radius 2 is 2.27 bits per heavy atom. The van der Waals surface area contributed by atoms with Crippen LogP contribution in [-0.2, 0) is 0 Å². The smallest absolute Gasteiger partial charge is 0.216 e. The maximum atomic E-state index is 8.65. The Morgan fingerprint density at radius 1 is 1.40 bits per heavy atom. The SMILES string of the molecule is Cc1nc(Sc2nccc(C#N)n2)n[nH]1. The van der Waals surface area contributed by atoms with E-state index in [0.717, 1.165) is 5.82 Å². The molecule has 2 aromatic rings. The molecule has 2 aromatic heterocycles. The molecular formula is C8H6N6S. The van der Waals surface area contributed by atoms with Crippen molar-refractivity contribution >= 4 is 11.8 Å². The van der Waals surface area contributed by atoms with Gasteiger partial charge >= 0.3 is 0 Å². The third-order valence-corrected chi connectivity index (χ3v) is 2.25. The lowest BCUT2D eigenvalue weighted by Crippen LogP contribution is -1.89. The van der Waals surface area contributed by atoms with E-state index in [1.807, 2.05) is 13.0 Å². The van der Waals surface area contributed by atoms with Crippen molar-refractivity contribution in [3.05, 3.63) is 23.8 Å². The Bertz CT molecular complexity index is 514. The van der Waals surface area contributed by atoms with Crippen molar-refractivity contribution in [3.8, 4) is 6.07 Å². The first-order valence-electron chi connectivity index (χ1n) is 4.08. The van der Waals surface area contributed by atoms with Crippen LogP contribution in [0.2, 0.25) is 0 Å². The summed E-state index contributed by atoms with van der Waals surface area (Å²) in [5.74, 6) is 0.730. The van der Waals surface area contributed by atoms with Crippen molar-refractivity contribution in [1.29, 1.82) is 5.26 Å². The molecule has 6 nitrogen and oxygen atoms in total. The molecule has 0 aliphatic rings. The highest BCUT2D eigenvalue weighted by molar-refractivity contribution is 7.99. The van der Waals surface area contributed by atoms with Crippen molar-refractivity contribution in [2.24, 2.45) is 0 Å². The lowest BCUT2D eigenvalue weighted by atomic mass is 10.5. The van der Waals surface area contributed by atoms with E-state index in [2.05, 4.69) is 25.1 Å². The van der Waals surface area contributed by atoms with Gasteiger partial charge < -0.3 is 0 Å². The van der Waals surface area contributed by atoms with Crippen molar-refractivity contribution in [2.45, 2.75) is 17.2 Å². The number of nitriles is 1. The van der Waals surface area contributed by atoms with Gasteiger partial charge in [-0.25, -0.2) is 15.0 Å². The van der Waals surface area contributed by atoms with Crippen LogP contribution < -0.4 is 0 Å². The molecule has 15 heavy (non-hydrogen) atoms. The van der Waals surface area contributed by atoms with E-state index < -0.39 is 0 Å². The van der Waals surface area contributed by atoms with Crippen LogP contribution in [-0.4, -0.2) is 25.1 Å². The van der Waals surface area contributed by atoms with Crippen LogP contribution in [0, 0.1) is 18.3 Å². The molecule has 0 bridgehead atoms. The Kier molecular flexibility index (Phi) is 2.60. The maximum absolute atomic E-state index is 8.65. The van der Waals surface area contributed by atoms with Gasteiger partial charge in [0.1, 0.15) is 17.6 Å². The summed E-state index contributed by atoms with van der Waals surface area (Å²) < 4.78 is 0. The summed E-state index contributed by atoms with van der Waals surface area (Å²) in [6.45, 7) is 1.81. The third-order valence-electron chi connectivity index (χ3n) is 1.51. The highest BCUT2D eigenvalue weighted by Gasteiger charge is 2.05. The largest absolute Gasteiger partial charge is 0.262 e. The van der Waals surface area contributed by atoms with Crippen LogP contribution in [0.1, 0.15) is 11.5 Å². The van der Waals surface area contributed by atoms with Gasteiger partial charge in [0.15, 0.2) is 5.16 Å². The minimum Gasteiger partial charge on any atom is -0.262 e. The Labute approximate surface area is 89.8 Å². The van der Waals surface area contributed by atoms with Crippen LogP contribution in [0.5, 0.6) is 0 Å². The summed E-state index contributed by atoms with van der Waals surface area (Å²) in [5, 5.41) is 16.3. The molecule has 0 fully saturated rings. The van der Waals surface area contributed by atoms with Crippen molar-refractivity contribution in [1.82, 2.24) is 25.1 Å². The first-order valence-corrected chi connectivity index (χ1v) is 4.89. The van der Waals surface area contributed by atoms with Crippen LogP contribution in [0.3, 0.4) is 0 Å². The fraction of sp³-hybridized carbons (Fsp3) is 0.125. The average Bonchev–Trinajstić information content (AvgIpc) is 2.64. The van der Waals surface area contributed by atoms with Gasteiger partial charge in [-0.1, -0.05) is 0 Å². The Balaban J connectivity index is 2.21. The van der Waals surface area contributed by atoms with Crippen LogP contribution >= 0.6 is 11.8 Å². The summed E-state index contributed by atoms with van der Waals surface area (Å²) in [6.07, 6.45) is 1.54. The minimum absolute atomic E-state index is 0.333. The molecule has 2 rings (SSSR count). The summed E-state index contributed by atoms with van der Waals surface area (Å²) in [4.78, 5) is 12.1. The molecule has 0 saturated heterocycles. The Hall–Kier alpha value is -1.94. The van der Waals surface area contributed by atoms with E-state index in [0.29, 0.717) is 16.0 Å². The second-order valence-corrected chi connectivity index (χ2v) is 3.58. The van der Waals surface area contributed by atoms with Crippen molar-refractivity contribution in [3.63, 3.8) is 0 Å². The molecular weight excluding hydrogens is 212 g/mol. The zero-order valence-electron chi connectivity index (χ0n) is 7.80. The normalized spacial score (nSPS) is 9.87. The zero-order valence-corrected chi connectivity index (χ0v) is 8.62. The Morgan fingerprint density at radius 3 is 2.93 bits per heavy atom. The summed E-state index contributed by atoms with van der Waals surface area (Å²) in [5.41, 5.74) is 0.333. The lowest BCUT2D eigenvalue weighted by molar-refractivity contribution is 0.924. The lowest BCUT2D eigenvalue weighted by Gasteiger charge is -1.93. The molecule has 1 N–H and O–H groups in total. The van der Waals surface area contributed by atoms with E-state index in [4.69, 9.17) is 5.26 Å². The maximum Gasteiger partial charge on any atom is 0.216 e. The van der Waals surface area contributed by atoms with Crippen LogP contribution in [0.25, 0.3) is 0 Å². The van der Waals surface area contributed by atoms with E-state index in [9.17, 15) is 0 Å². The van der Waals surface area contributed by atoms with Gasteiger partial charge in [0.25, 0.3) is 0 Å². The van der Waals surface area contributed by atoms with Crippen molar-refractivity contribution < 1.29 is 0 Å². The molecule has 74 valence electrons. The number of aromatic nitrogens is 5. The number of aromatic amines is 1. The molecule has 0 aliphatic carbocycles. The molecule has 0 radical (unpaired) electrons. The molecule has 0 unspecified atom stereocenters. The van der Waals surface area contributed by atoms with E-state index in [-0.39, 0.29) is 0 Å². The topological polar surface area (TPSA) is 91.1 Å². The third kappa shape index (κ3) is 2.30. The molecule has 7 heteroatoms. The molecule has 0 atom stereocenters. The number of hydrogen-bond acceptors (Lipinski definition) is 6. The van der Waals surface area contributed by atoms with E-state index in [1.165, 1.54) is 18.0 Å². The van der Waals surface area contributed by atoms with Gasteiger partial charge in [-0.3, -0.25) is 5.10 Å². The quantitative estimate of drug-likeness (QED) is 0.754. The number of hydrogen-bond donors (Lipinski definition) is 1. The van der Waals surface area contributed by atoms with Crippen molar-refractivity contribution in [2.75, 3.05) is 0 Å². The summed E-state index contributed by atoms with van der Waals surface area (Å²) in [7, 11) is 0. The fourth-order valence-electron chi connectivity index (χ4n) is 0.902. The van der Waals surface area contributed by atoms with E-state index in [1.54, 1.807) is 6.07 Å². The summed E-state index contributed by atoms with van der Waals surface area (Å²) >= 11 is 1.21. The van der Waals surface area contributed by atoms with Gasteiger partial charge in [0.05, 0.1) is 0 Å². The number of nitrogens with one attached hydrogen (secondary N) is 1. The van der Waals surface area contributed by atoms with Gasteiger partial charge in [0, 0.05) is 6.20 Å². The predicted molar refractivity (Wildman–Crippen MR) is 52.0 cm³/mol.